The number of nitrogens with zero attached hydrogens (tertiary/aromatic N) is 3. The van der Waals surface area contributed by atoms with Gasteiger partial charge < -0.3 is 9.47 Å². The highest BCUT2D eigenvalue weighted by Gasteiger charge is 2.34. The van der Waals surface area contributed by atoms with Gasteiger partial charge in [-0.25, -0.2) is 13.2 Å². The van der Waals surface area contributed by atoms with Crippen LogP contribution in [0.5, 0.6) is 5.88 Å². The van der Waals surface area contributed by atoms with Crippen molar-refractivity contribution in [1.29, 1.82) is 0 Å². The summed E-state index contributed by atoms with van der Waals surface area (Å²) in [6.45, 7) is 2.41. The molecule has 3 rings (SSSR count). The topological polar surface area (TPSA) is 98.7 Å². The van der Waals surface area contributed by atoms with Gasteiger partial charge in [0.2, 0.25) is 15.9 Å². The quantitative estimate of drug-likeness (QED) is 0.727. The second kappa shape index (κ2) is 7.38. The molecule has 0 aliphatic carbocycles. The number of ether oxygens (including phenoxy) is 2. The fourth-order valence-electron chi connectivity index (χ4n) is 2.66. The van der Waals surface area contributed by atoms with Crippen molar-refractivity contribution in [2.24, 2.45) is 0 Å². The molecule has 2 heterocycles. The smallest absolute Gasteiger partial charge is 0.337 e. The molecule has 2 aromatic rings. The lowest BCUT2D eigenvalue weighted by atomic mass is 10.2. The summed E-state index contributed by atoms with van der Waals surface area (Å²) >= 11 is 0. The van der Waals surface area contributed by atoms with E-state index in [1.807, 2.05) is 6.92 Å². The Morgan fingerprint density at radius 2 is 1.88 bits per heavy atom. The number of esters is 1. The number of sulfonamides is 1. The predicted octanol–water partition coefficient (Wildman–Crippen LogP) is 1.41. The molecule has 1 aliphatic rings. The Kier molecular flexibility index (Phi) is 5.19. The van der Waals surface area contributed by atoms with Crippen molar-refractivity contribution < 1.29 is 22.7 Å². The molecule has 0 bridgehead atoms. The van der Waals surface area contributed by atoms with Crippen molar-refractivity contribution in [2.45, 2.75) is 24.3 Å². The van der Waals surface area contributed by atoms with Gasteiger partial charge in [-0.05, 0) is 43.7 Å². The first kappa shape index (κ1) is 18.3. The van der Waals surface area contributed by atoms with Crippen LogP contribution in [-0.4, -0.2) is 55.2 Å². The molecule has 1 atom stereocenters. The highest BCUT2D eigenvalue weighted by atomic mass is 32.2. The molecular weight excluding hydrogens is 358 g/mol. The lowest BCUT2D eigenvalue weighted by molar-refractivity contribution is 0.0600. The van der Waals surface area contributed by atoms with Gasteiger partial charge in [0.05, 0.1) is 29.8 Å². The van der Waals surface area contributed by atoms with Gasteiger partial charge in [0.15, 0.2) is 0 Å². The number of hydrogen-bond acceptors (Lipinski definition) is 7. The third-order valence-electron chi connectivity index (χ3n) is 4.08. The third-order valence-corrected chi connectivity index (χ3v) is 5.96. The summed E-state index contributed by atoms with van der Waals surface area (Å²) < 4.78 is 37.2. The van der Waals surface area contributed by atoms with Crippen LogP contribution in [0.3, 0.4) is 0 Å². The van der Waals surface area contributed by atoms with E-state index in [4.69, 9.17) is 4.74 Å². The van der Waals surface area contributed by atoms with Crippen molar-refractivity contribution in [3.8, 4) is 5.88 Å². The molecule has 1 aromatic carbocycles. The van der Waals surface area contributed by atoms with E-state index in [1.54, 1.807) is 12.1 Å². The van der Waals surface area contributed by atoms with Crippen molar-refractivity contribution in [3.05, 3.63) is 47.7 Å². The first-order valence-corrected chi connectivity index (χ1v) is 9.49. The molecule has 0 amide bonds. The Bertz CT molecular complexity index is 882. The van der Waals surface area contributed by atoms with E-state index < -0.39 is 16.0 Å². The lowest BCUT2D eigenvalue weighted by Crippen LogP contribution is -2.31. The van der Waals surface area contributed by atoms with Gasteiger partial charge in [0.25, 0.3) is 0 Å². The zero-order valence-electron chi connectivity index (χ0n) is 14.5. The molecule has 8 nitrogen and oxygen atoms in total. The van der Waals surface area contributed by atoms with Gasteiger partial charge >= 0.3 is 5.97 Å². The third kappa shape index (κ3) is 3.83. The molecule has 1 aliphatic heterocycles. The SMILES string of the molecule is COC(=O)c1ccc(S(=O)(=O)N2CCC(Oc3ccc(C)nn3)C2)cc1. The summed E-state index contributed by atoms with van der Waals surface area (Å²) in [7, 11) is -2.38. The maximum absolute atomic E-state index is 12.8. The van der Waals surface area contributed by atoms with Crippen molar-refractivity contribution in [3.63, 3.8) is 0 Å². The molecule has 0 spiro atoms. The first-order chi connectivity index (χ1) is 12.4. The van der Waals surface area contributed by atoms with Crippen LogP contribution in [0.1, 0.15) is 22.5 Å². The van der Waals surface area contributed by atoms with Crippen molar-refractivity contribution >= 4 is 16.0 Å². The van der Waals surface area contributed by atoms with Gasteiger partial charge in [0, 0.05) is 12.6 Å². The van der Waals surface area contributed by atoms with Crippen LogP contribution in [-0.2, 0) is 14.8 Å². The summed E-state index contributed by atoms with van der Waals surface area (Å²) in [4.78, 5) is 11.6. The molecule has 26 heavy (non-hydrogen) atoms. The second-order valence-electron chi connectivity index (χ2n) is 5.92. The normalized spacial score (nSPS) is 17.8. The Morgan fingerprint density at radius 1 is 1.15 bits per heavy atom. The zero-order valence-corrected chi connectivity index (χ0v) is 15.3. The maximum Gasteiger partial charge on any atom is 0.337 e. The molecule has 1 saturated heterocycles. The van der Waals surface area contributed by atoms with E-state index in [9.17, 15) is 13.2 Å². The van der Waals surface area contributed by atoms with Crippen LogP contribution in [0.15, 0.2) is 41.3 Å². The van der Waals surface area contributed by atoms with Crippen LogP contribution in [0.4, 0.5) is 0 Å². The van der Waals surface area contributed by atoms with Gasteiger partial charge in [0.1, 0.15) is 6.10 Å². The van der Waals surface area contributed by atoms with E-state index in [1.165, 1.54) is 35.7 Å². The number of methoxy groups -OCH3 is 1. The summed E-state index contributed by atoms with van der Waals surface area (Å²) in [5, 5.41) is 7.86. The average molecular weight is 377 g/mol. The highest BCUT2D eigenvalue weighted by molar-refractivity contribution is 7.89. The summed E-state index contributed by atoms with van der Waals surface area (Å²) in [6, 6.07) is 9.18. The largest absolute Gasteiger partial charge is 0.472 e. The Labute approximate surface area is 151 Å². The van der Waals surface area contributed by atoms with Crippen molar-refractivity contribution in [2.75, 3.05) is 20.2 Å². The molecule has 0 N–H and O–H groups in total. The minimum absolute atomic E-state index is 0.126. The monoisotopic (exact) mass is 377 g/mol. The van der Waals surface area contributed by atoms with Gasteiger partial charge in [-0.3, -0.25) is 0 Å². The van der Waals surface area contributed by atoms with Crippen LogP contribution < -0.4 is 4.74 Å². The maximum atomic E-state index is 12.8. The number of hydrogen-bond donors (Lipinski definition) is 0. The Morgan fingerprint density at radius 3 is 2.50 bits per heavy atom. The van der Waals surface area contributed by atoms with Gasteiger partial charge in [-0.1, -0.05) is 0 Å². The van der Waals surface area contributed by atoms with E-state index in [0.29, 0.717) is 24.4 Å². The second-order valence-corrected chi connectivity index (χ2v) is 7.86. The molecule has 0 saturated carbocycles. The number of rotatable bonds is 5. The molecule has 0 radical (unpaired) electrons. The molecule has 9 heteroatoms. The van der Waals surface area contributed by atoms with Crippen LogP contribution >= 0.6 is 0 Å². The Hall–Kier alpha value is -2.52. The molecule has 1 fully saturated rings. The van der Waals surface area contributed by atoms with Gasteiger partial charge in [-0.15, -0.1) is 5.10 Å². The van der Waals surface area contributed by atoms with E-state index >= 15 is 0 Å². The van der Waals surface area contributed by atoms with E-state index in [0.717, 1.165) is 5.69 Å². The zero-order chi connectivity index (χ0) is 18.7. The summed E-state index contributed by atoms with van der Waals surface area (Å²) in [6.07, 6.45) is 0.283. The fourth-order valence-corrected chi connectivity index (χ4v) is 4.15. The standard InChI is InChI=1S/C17H19N3O5S/c1-12-3-8-16(19-18-12)25-14-9-10-20(11-14)26(22,23)15-6-4-13(5-7-15)17(21)24-2/h3-8,14H,9-11H2,1-2H3. The van der Waals surface area contributed by atoms with E-state index in [2.05, 4.69) is 14.9 Å². The average Bonchev–Trinajstić information content (AvgIpc) is 3.12. The number of carbonyl (C=O) groups is 1. The summed E-state index contributed by atoms with van der Waals surface area (Å²) in [5.74, 6) is -0.134. The molecule has 138 valence electrons. The number of aromatic nitrogens is 2. The van der Waals surface area contributed by atoms with Crippen LogP contribution in [0.25, 0.3) is 0 Å². The van der Waals surface area contributed by atoms with E-state index in [-0.39, 0.29) is 17.5 Å². The number of aryl methyl sites for hydroxylation is 1. The molecule has 1 unspecified atom stereocenters. The van der Waals surface area contributed by atoms with Crippen LogP contribution in [0, 0.1) is 6.92 Å². The molecular formula is C17H19N3O5S. The number of carbonyl (C=O) groups excluding carboxylic acids is 1. The minimum atomic E-state index is -3.65. The van der Waals surface area contributed by atoms with Crippen molar-refractivity contribution in [1.82, 2.24) is 14.5 Å². The minimum Gasteiger partial charge on any atom is -0.472 e. The fraction of sp³-hybridized carbons (Fsp3) is 0.353. The van der Waals surface area contributed by atoms with Gasteiger partial charge in [-0.2, -0.15) is 9.40 Å². The Balaban J connectivity index is 1.68. The summed E-state index contributed by atoms with van der Waals surface area (Å²) in [5.41, 5.74) is 1.08. The van der Waals surface area contributed by atoms with Crippen LogP contribution in [0.2, 0.25) is 0 Å². The lowest BCUT2D eigenvalue weighted by Gasteiger charge is -2.17. The first-order valence-electron chi connectivity index (χ1n) is 8.05. The number of benzene rings is 1. The molecule has 1 aromatic heterocycles. The highest BCUT2D eigenvalue weighted by Crippen LogP contribution is 2.23. The predicted molar refractivity (Wildman–Crippen MR) is 92.3 cm³/mol.